The zero-order valence-corrected chi connectivity index (χ0v) is 22.1. The molecular weight excluding hydrogens is 480 g/mol. The Morgan fingerprint density at radius 1 is 1.09 bits per heavy atom. The largest absolute Gasteiger partial charge is 0.465 e. The third kappa shape index (κ3) is 7.02. The number of ether oxygens (including phenoxy) is 1. The fourth-order valence-corrected chi connectivity index (χ4v) is 4.97. The number of benzene rings is 2. The number of rotatable bonds is 8. The van der Waals surface area contributed by atoms with E-state index in [1.165, 1.54) is 18.9 Å². The van der Waals surface area contributed by atoms with Gasteiger partial charge in [-0.1, -0.05) is 66.4 Å². The number of amides is 2. The highest BCUT2D eigenvalue weighted by Gasteiger charge is 2.32. The highest BCUT2D eigenvalue weighted by Crippen LogP contribution is 2.33. The molecular formula is C27H30N2O4S2. The van der Waals surface area contributed by atoms with Gasteiger partial charge in [0.05, 0.1) is 17.6 Å². The molecule has 0 saturated carbocycles. The molecule has 0 unspecified atom stereocenters. The lowest BCUT2D eigenvalue weighted by Gasteiger charge is -2.36. The number of thiocarbonyl (C=S) groups is 1. The summed E-state index contributed by atoms with van der Waals surface area (Å²) in [6.45, 7) is 7.01. The summed E-state index contributed by atoms with van der Waals surface area (Å²) in [5, 5.41) is 0. The zero-order chi connectivity index (χ0) is 25.6. The van der Waals surface area contributed by atoms with E-state index in [1.807, 2.05) is 56.0 Å². The maximum Gasteiger partial charge on any atom is 0.337 e. The standard InChI is InChI=1S/C27H30N2O4S2/c1-27(2,3)29(18-20-9-6-5-7-10-20)23(30)11-8-16-28-24(31)22(35-26(28)34)17-19-12-14-21(15-13-19)25(32)33-4/h5-7,9-10,12-15,17H,8,11,16,18H2,1-4H3. The molecule has 2 amide bonds. The Balaban J connectivity index is 1.59. The monoisotopic (exact) mass is 510 g/mol. The molecule has 6 nitrogen and oxygen atoms in total. The van der Waals surface area contributed by atoms with Gasteiger partial charge in [0.1, 0.15) is 4.32 Å². The molecule has 184 valence electrons. The molecule has 3 rings (SSSR count). The summed E-state index contributed by atoms with van der Waals surface area (Å²) in [6, 6.07) is 16.7. The van der Waals surface area contributed by atoms with Crippen LogP contribution in [0.3, 0.4) is 0 Å². The molecule has 0 radical (unpaired) electrons. The van der Waals surface area contributed by atoms with Crippen molar-refractivity contribution in [2.75, 3.05) is 13.7 Å². The molecule has 0 atom stereocenters. The van der Waals surface area contributed by atoms with E-state index in [2.05, 4.69) is 0 Å². The average molecular weight is 511 g/mol. The van der Waals surface area contributed by atoms with Gasteiger partial charge in [-0.15, -0.1) is 0 Å². The Morgan fingerprint density at radius 3 is 2.34 bits per heavy atom. The van der Waals surface area contributed by atoms with Crippen LogP contribution in [0, 0.1) is 0 Å². The van der Waals surface area contributed by atoms with Crippen LogP contribution in [0.2, 0.25) is 0 Å². The molecule has 1 aliphatic heterocycles. The third-order valence-corrected chi connectivity index (χ3v) is 6.95. The van der Waals surface area contributed by atoms with Crippen LogP contribution in [0.5, 0.6) is 0 Å². The summed E-state index contributed by atoms with van der Waals surface area (Å²) in [5.74, 6) is -0.527. The lowest BCUT2D eigenvalue weighted by atomic mass is 10.0. The summed E-state index contributed by atoms with van der Waals surface area (Å²) < 4.78 is 5.19. The second-order valence-corrected chi connectivity index (χ2v) is 10.9. The lowest BCUT2D eigenvalue weighted by molar-refractivity contribution is -0.137. The van der Waals surface area contributed by atoms with Gasteiger partial charge in [-0.25, -0.2) is 4.79 Å². The quantitative estimate of drug-likeness (QED) is 0.273. The van der Waals surface area contributed by atoms with Crippen LogP contribution in [-0.4, -0.2) is 51.1 Å². The maximum absolute atomic E-state index is 13.1. The van der Waals surface area contributed by atoms with Gasteiger partial charge < -0.3 is 9.64 Å². The van der Waals surface area contributed by atoms with E-state index < -0.39 is 5.97 Å². The van der Waals surface area contributed by atoms with Gasteiger partial charge in [-0.2, -0.15) is 0 Å². The van der Waals surface area contributed by atoms with Crippen LogP contribution in [-0.2, 0) is 20.9 Å². The van der Waals surface area contributed by atoms with Crippen LogP contribution in [0.25, 0.3) is 6.08 Å². The lowest BCUT2D eigenvalue weighted by Crippen LogP contribution is -2.45. The third-order valence-electron chi connectivity index (χ3n) is 5.57. The summed E-state index contributed by atoms with van der Waals surface area (Å²) in [4.78, 5) is 41.6. The van der Waals surface area contributed by atoms with E-state index in [0.717, 1.165) is 11.1 Å². The van der Waals surface area contributed by atoms with Crippen LogP contribution in [0.1, 0.15) is 55.1 Å². The average Bonchev–Trinajstić information content (AvgIpc) is 3.09. The Bertz CT molecular complexity index is 1120. The first kappa shape index (κ1) is 26.6. The number of thioether (sulfide) groups is 1. The molecule has 2 aromatic carbocycles. The first-order valence-corrected chi connectivity index (χ1v) is 12.6. The van der Waals surface area contributed by atoms with Crippen molar-refractivity contribution in [2.45, 2.75) is 45.7 Å². The minimum atomic E-state index is -0.411. The first-order chi connectivity index (χ1) is 16.6. The normalized spacial score (nSPS) is 15.0. The first-order valence-electron chi connectivity index (χ1n) is 11.4. The minimum absolute atomic E-state index is 0.0491. The van der Waals surface area contributed by atoms with Gasteiger partial charge in [0.15, 0.2) is 0 Å². The molecule has 1 aliphatic rings. The fraction of sp³-hybridized carbons (Fsp3) is 0.333. The number of hydrogen-bond donors (Lipinski definition) is 0. The summed E-state index contributed by atoms with van der Waals surface area (Å²) in [5.41, 5.74) is 1.99. The topological polar surface area (TPSA) is 66.9 Å². The van der Waals surface area contributed by atoms with Crippen molar-refractivity contribution in [3.8, 4) is 0 Å². The Hall–Kier alpha value is -2.97. The summed E-state index contributed by atoms with van der Waals surface area (Å²) in [6.07, 6.45) is 2.61. The van der Waals surface area contributed by atoms with Crippen LogP contribution < -0.4 is 0 Å². The summed E-state index contributed by atoms with van der Waals surface area (Å²) in [7, 11) is 1.33. The molecule has 0 aliphatic carbocycles. The predicted molar refractivity (Wildman–Crippen MR) is 144 cm³/mol. The molecule has 0 bridgehead atoms. The molecule has 8 heteroatoms. The van der Waals surface area contributed by atoms with Crippen molar-refractivity contribution < 1.29 is 19.1 Å². The van der Waals surface area contributed by atoms with Crippen molar-refractivity contribution in [2.24, 2.45) is 0 Å². The molecule has 0 spiro atoms. The smallest absolute Gasteiger partial charge is 0.337 e. The number of nitrogens with zero attached hydrogens (tertiary/aromatic N) is 2. The van der Waals surface area contributed by atoms with Crippen molar-refractivity contribution in [1.29, 1.82) is 0 Å². The van der Waals surface area contributed by atoms with E-state index in [9.17, 15) is 14.4 Å². The van der Waals surface area contributed by atoms with Crippen LogP contribution in [0.4, 0.5) is 0 Å². The SMILES string of the molecule is COC(=O)c1ccc(C=C2SC(=S)N(CCCC(=O)N(Cc3ccccc3)C(C)(C)C)C2=O)cc1. The van der Waals surface area contributed by atoms with Crippen LogP contribution >= 0.6 is 24.0 Å². The van der Waals surface area contributed by atoms with E-state index >= 15 is 0 Å². The van der Waals surface area contributed by atoms with Gasteiger partial charge in [-0.3, -0.25) is 14.5 Å². The molecule has 0 aromatic heterocycles. The van der Waals surface area contributed by atoms with Crippen LogP contribution in [0.15, 0.2) is 59.5 Å². The van der Waals surface area contributed by atoms with Crippen molar-refractivity contribution >= 4 is 52.2 Å². The zero-order valence-electron chi connectivity index (χ0n) is 20.4. The van der Waals surface area contributed by atoms with E-state index in [1.54, 1.807) is 35.2 Å². The van der Waals surface area contributed by atoms with Crippen molar-refractivity contribution in [3.63, 3.8) is 0 Å². The highest BCUT2D eigenvalue weighted by atomic mass is 32.2. The molecule has 0 N–H and O–H groups in total. The predicted octanol–water partition coefficient (Wildman–Crippen LogP) is 5.28. The van der Waals surface area contributed by atoms with Gasteiger partial charge in [0, 0.05) is 25.0 Å². The fourth-order valence-electron chi connectivity index (χ4n) is 3.67. The van der Waals surface area contributed by atoms with Gasteiger partial charge in [-0.05, 0) is 56.5 Å². The van der Waals surface area contributed by atoms with Crippen molar-refractivity contribution in [1.82, 2.24) is 9.80 Å². The van der Waals surface area contributed by atoms with Gasteiger partial charge in [0.25, 0.3) is 5.91 Å². The molecule has 2 aromatic rings. The van der Waals surface area contributed by atoms with Crippen molar-refractivity contribution in [3.05, 3.63) is 76.2 Å². The number of carbonyl (C=O) groups is 3. The number of esters is 1. The minimum Gasteiger partial charge on any atom is -0.465 e. The Morgan fingerprint density at radius 2 is 1.74 bits per heavy atom. The summed E-state index contributed by atoms with van der Waals surface area (Å²) >= 11 is 6.67. The molecule has 1 fully saturated rings. The van der Waals surface area contributed by atoms with Gasteiger partial charge >= 0.3 is 5.97 Å². The highest BCUT2D eigenvalue weighted by molar-refractivity contribution is 8.26. The molecule has 1 saturated heterocycles. The van der Waals surface area contributed by atoms with E-state index in [-0.39, 0.29) is 17.4 Å². The number of methoxy groups -OCH3 is 1. The maximum atomic E-state index is 13.1. The second kappa shape index (κ2) is 11.6. The molecule has 1 heterocycles. The molecule has 35 heavy (non-hydrogen) atoms. The number of hydrogen-bond acceptors (Lipinski definition) is 6. The van der Waals surface area contributed by atoms with E-state index in [0.29, 0.717) is 40.7 Å². The second-order valence-electron chi connectivity index (χ2n) is 9.19. The Kier molecular flexibility index (Phi) is 8.86. The van der Waals surface area contributed by atoms with Gasteiger partial charge in [0.2, 0.25) is 5.91 Å². The Labute approximate surface area is 216 Å². The van der Waals surface area contributed by atoms with E-state index in [4.69, 9.17) is 17.0 Å². The number of carbonyl (C=O) groups excluding carboxylic acids is 3.